The van der Waals surface area contributed by atoms with E-state index in [-0.39, 0.29) is 17.4 Å². The maximum absolute atomic E-state index is 13.0. The molecule has 3 aromatic heterocycles. The minimum Gasteiger partial charge on any atom is -0.293 e. The van der Waals surface area contributed by atoms with E-state index in [0.717, 1.165) is 21.3 Å². The van der Waals surface area contributed by atoms with Crippen molar-refractivity contribution < 1.29 is 9.18 Å². The third-order valence-corrected chi connectivity index (χ3v) is 6.36. The Kier molecular flexibility index (Phi) is 4.57. The summed E-state index contributed by atoms with van der Waals surface area (Å²) in [6.45, 7) is 0. The van der Waals surface area contributed by atoms with Crippen molar-refractivity contribution in [3.63, 3.8) is 0 Å². The predicted molar refractivity (Wildman–Crippen MR) is 113 cm³/mol. The quantitative estimate of drug-likeness (QED) is 0.292. The van der Waals surface area contributed by atoms with Crippen LogP contribution in [0.25, 0.3) is 27.0 Å². The summed E-state index contributed by atoms with van der Waals surface area (Å²) in [5.41, 5.74) is 3.34. The lowest BCUT2D eigenvalue weighted by molar-refractivity contribution is 0.102. The average molecular weight is 420 g/mol. The van der Waals surface area contributed by atoms with Crippen molar-refractivity contribution in [1.82, 2.24) is 19.6 Å². The lowest BCUT2D eigenvalue weighted by Crippen LogP contribution is -2.03. The largest absolute Gasteiger partial charge is 0.293 e. The summed E-state index contributed by atoms with van der Waals surface area (Å²) < 4.78 is 14.9. The van der Waals surface area contributed by atoms with Crippen molar-refractivity contribution in [3.8, 4) is 11.1 Å². The molecule has 5 nitrogen and oxygen atoms in total. The van der Waals surface area contributed by atoms with Crippen molar-refractivity contribution in [2.24, 2.45) is 0 Å². The Bertz CT molecular complexity index is 1330. The molecule has 0 saturated carbocycles. The number of hydrogen-bond donors (Lipinski definition) is 0. The summed E-state index contributed by atoms with van der Waals surface area (Å²) in [6, 6.07) is 15.6. The SMILES string of the molecule is O=C(CSc1nnc2c3c(-c4ccccc4)csc3ncn12)c1ccc(F)cc1. The zero-order valence-corrected chi connectivity index (χ0v) is 16.6. The van der Waals surface area contributed by atoms with Gasteiger partial charge < -0.3 is 0 Å². The fraction of sp³-hybridized carbons (Fsp3) is 0.0476. The molecule has 8 heteroatoms. The monoisotopic (exact) mass is 420 g/mol. The van der Waals surface area contributed by atoms with Gasteiger partial charge in [0, 0.05) is 16.5 Å². The second-order valence-electron chi connectivity index (χ2n) is 6.34. The molecule has 0 bridgehead atoms. The maximum atomic E-state index is 13.0. The average Bonchev–Trinajstić information content (AvgIpc) is 3.37. The number of fused-ring (bicyclic) bond motifs is 3. The molecule has 29 heavy (non-hydrogen) atoms. The maximum Gasteiger partial charge on any atom is 0.197 e. The number of thiophene rings is 1. The summed E-state index contributed by atoms with van der Waals surface area (Å²) in [4.78, 5) is 17.8. The summed E-state index contributed by atoms with van der Waals surface area (Å²) in [5, 5.41) is 12.3. The Morgan fingerprint density at radius 1 is 1.07 bits per heavy atom. The van der Waals surface area contributed by atoms with E-state index in [2.05, 4.69) is 32.7 Å². The molecule has 142 valence electrons. The van der Waals surface area contributed by atoms with E-state index in [9.17, 15) is 9.18 Å². The van der Waals surface area contributed by atoms with Gasteiger partial charge in [-0.3, -0.25) is 9.20 Å². The molecule has 5 aromatic rings. The number of halogens is 1. The van der Waals surface area contributed by atoms with Gasteiger partial charge >= 0.3 is 0 Å². The van der Waals surface area contributed by atoms with Crippen LogP contribution in [-0.4, -0.2) is 31.1 Å². The van der Waals surface area contributed by atoms with Gasteiger partial charge in [-0.05, 0) is 29.8 Å². The Balaban J connectivity index is 1.48. The number of thioether (sulfide) groups is 1. The van der Waals surface area contributed by atoms with Crippen molar-refractivity contribution in [2.75, 3.05) is 5.75 Å². The highest BCUT2D eigenvalue weighted by molar-refractivity contribution is 7.99. The van der Waals surface area contributed by atoms with E-state index < -0.39 is 0 Å². The summed E-state index contributed by atoms with van der Waals surface area (Å²) in [6.07, 6.45) is 1.69. The van der Waals surface area contributed by atoms with Crippen LogP contribution in [0.3, 0.4) is 0 Å². The number of benzene rings is 2. The fourth-order valence-electron chi connectivity index (χ4n) is 3.10. The first-order valence-corrected chi connectivity index (χ1v) is 10.6. The van der Waals surface area contributed by atoms with Crippen LogP contribution < -0.4 is 0 Å². The van der Waals surface area contributed by atoms with Crippen LogP contribution in [-0.2, 0) is 0 Å². The Morgan fingerprint density at radius 3 is 2.66 bits per heavy atom. The summed E-state index contributed by atoms with van der Waals surface area (Å²) in [5.74, 6) is -0.279. The van der Waals surface area contributed by atoms with Crippen LogP contribution >= 0.6 is 23.1 Å². The number of carbonyl (C=O) groups is 1. The standard InChI is InChI=1S/C21H13FN4OS2/c22-15-8-6-14(7-9-15)17(27)11-29-21-25-24-19-18-16(13-4-2-1-3-5-13)10-28-20(18)23-12-26(19)21/h1-10,12H,11H2. The lowest BCUT2D eigenvalue weighted by Gasteiger charge is -2.02. The minimum absolute atomic E-state index is 0.0960. The summed E-state index contributed by atoms with van der Waals surface area (Å²) >= 11 is 2.85. The smallest absolute Gasteiger partial charge is 0.197 e. The molecule has 0 aliphatic carbocycles. The molecule has 3 heterocycles. The molecular formula is C21H13FN4OS2. The molecular weight excluding hydrogens is 407 g/mol. The Labute approximate surface area is 173 Å². The molecule has 0 radical (unpaired) electrons. The van der Waals surface area contributed by atoms with Gasteiger partial charge in [0.2, 0.25) is 0 Å². The van der Waals surface area contributed by atoms with Crippen molar-refractivity contribution in [3.05, 3.63) is 77.7 Å². The second-order valence-corrected chi connectivity index (χ2v) is 8.14. The third kappa shape index (κ3) is 3.30. The van der Waals surface area contributed by atoms with Gasteiger partial charge in [0.25, 0.3) is 0 Å². The van der Waals surface area contributed by atoms with Gasteiger partial charge in [0.05, 0.1) is 11.1 Å². The van der Waals surface area contributed by atoms with E-state index >= 15 is 0 Å². The number of ketones is 1. The topological polar surface area (TPSA) is 60.2 Å². The van der Waals surface area contributed by atoms with E-state index in [0.29, 0.717) is 16.4 Å². The Hall–Kier alpha value is -3.10. The van der Waals surface area contributed by atoms with Crippen LogP contribution in [0.1, 0.15) is 10.4 Å². The molecule has 0 saturated heterocycles. The van der Waals surface area contributed by atoms with E-state index in [1.165, 1.54) is 36.0 Å². The second kappa shape index (κ2) is 7.38. The predicted octanol–water partition coefficient (Wildman–Crippen LogP) is 5.12. The van der Waals surface area contributed by atoms with Crippen molar-refractivity contribution in [2.45, 2.75) is 5.16 Å². The Morgan fingerprint density at radius 2 is 1.86 bits per heavy atom. The molecule has 0 spiro atoms. The summed E-state index contributed by atoms with van der Waals surface area (Å²) in [7, 11) is 0. The normalized spacial score (nSPS) is 11.3. The zero-order chi connectivity index (χ0) is 19.8. The van der Waals surface area contributed by atoms with Gasteiger partial charge in [-0.15, -0.1) is 21.5 Å². The molecule has 0 aliphatic heterocycles. The molecule has 0 N–H and O–H groups in total. The van der Waals surface area contributed by atoms with Gasteiger partial charge in [0.1, 0.15) is 17.0 Å². The number of Topliss-reactive ketones (excluding diaryl/α,β-unsaturated/α-hetero) is 1. The van der Waals surface area contributed by atoms with E-state index in [1.807, 2.05) is 22.6 Å². The molecule has 0 fully saturated rings. The molecule has 2 aromatic carbocycles. The van der Waals surface area contributed by atoms with Crippen LogP contribution in [0.15, 0.2) is 71.5 Å². The third-order valence-electron chi connectivity index (χ3n) is 4.53. The number of aromatic nitrogens is 4. The van der Waals surface area contributed by atoms with Crippen LogP contribution in [0.4, 0.5) is 4.39 Å². The van der Waals surface area contributed by atoms with Gasteiger partial charge in [-0.2, -0.15) is 0 Å². The number of carbonyl (C=O) groups excluding carboxylic acids is 1. The molecule has 0 amide bonds. The van der Waals surface area contributed by atoms with E-state index in [1.54, 1.807) is 17.7 Å². The highest BCUT2D eigenvalue weighted by atomic mass is 32.2. The first-order chi connectivity index (χ1) is 14.2. The molecule has 0 unspecified atom stereocenters. The highest BCUT2D eigenvalue weighted by Gasteiger charge is 2.17. The minimum atomic E-state index is -0.363. The van der Waals surface area contributed by atoms with Crippen molar-refractivity contribution >= 4 is 44.7 Å². The first-order valence-electron chi connectivity index (χ1n) is 8.78. The lowest BCUT2D eigenvalue weighted by atomic mass is 10.1. The van der Waals surface area contributed by atoms with Gasteiger partial charge in [-0.1, -0.05) is 42.1 Å². The number of nitrogens with zero attached hydrogens (tertiary/aromatic N) is 4. The van der Waals surface area contributed by atoms with E-state index in [4.69, 9.17) is 0 Å². The molecule has 0 atom stereocenters. The highest BCUT2D eigenvalue weighted by Crippen LogP contribution is 2.35. The molecule has 5 rings (SSSR count). The van der Waals surface area contributed by atoms with Gasteiger partial charge in [0.15, 0.2) is 16.6 Å². The fourth-order valence-corrected chi connectivity index (χ4v) is 4.81. The van der Waals surface area contributed by atoms with Crippen LogP contribution in [0.5, 0.6) is 0 Å². The van der Waals surface area contributed by atoms with Crippen LogP contribution in [0.2, 0.25) is 0 Å². The zero-order valence-electron chi connectivity index (χ0n) is 14.9. The number of rotatable bonds is 5. The van der Waals surface area contributed by atoms with Crippen molar-refractivity contribution in [1.29, 1.82) is 0 Å². The first kappa shape index (κ1) is 18.0. The van der Waals surface area contributed by atoms with Gasteiger partial charge in [-0.25, -0.2) is 9.37 Å². The van der Waals surface area contributed by atoms with Crippen LogP contribution in [0, 0.1) is 5.82 Å². The number of hydrogen-bond acceptors (Lipinski definition) is 6. The molecule has 0 aliphatic rings.